The molecule has 6 rings (SSSR count). The predicted molar refractivity (Wildman–Crippen MR) is 427 cm³/mol. The largest absolute Gasteiger partial charge is 0.450 e. The van der Waals surface area contributed by atoms with Crippen molar-refractivity contribution in [3.8, 4) is 0 Å². The Hall–Kier alpha value is -4.05. The van der Waals surface area contributed by atoms with Crippen molar-refractivity contribution in [2.24, 2.45) is 5.73 Å². The van der Waals surface area contributed by atoms with E-state index < -0.39 is 322 Å². The highest BCUT2D eigenvalue weighted by Gasteiger charge is 2.53. The fourth-order valence-electron chi connectivity index (χ4n) is 11.3. The maximum atomic E-state index is 12.2. The van der Waals surface area contributed by atoms with Crippen LogP contribution in [0.1, 0.15) is 82.1 Å². The van der Waals surface area contributed by atoms with Crippen LogP contribution in [-0.2, 0) is 80.7 Å². The highest BCUT2D eigenvalue weighted by atomic mass is 16.8. The second kappa shape index (κ2) is 64.8. The van der Waals surface area contributed by atoms with Crippen molar-refractivity contribution in [2.75, 3.05) is 106 Å². The van der Waals surface area contributed by atoms with Crippen LogP contribution in [0.5, 0.6) is 0 Å². The van der Waals surface area contributed by atoms with Gasteiger partial charge in [0.1, 0.15) is 189 Å². The third-order valence-corrected chi connectivity index (χ3v) is 18.8. The molecule has 53 nitrogen and oxygen atoms in total. The van der Waals surface area contributed by atoms with Gasteiger partial charge in [-0.15, -0.1) is 6.58 Å². The highest BCUT2D eigenvalue weighted by Crippen LogP contribution is 2.32. The minimum Gasteiger partial charge on any atom is -0.450 e. The molecule has 0 aromatic carbocycles. The Balaban J connectivity index is 0.00000219. The summed E-state index contributed by atoms with van der Waals surface area (Å²) in [5.74, 6) is -2.85. The molecule has 41 atom stereocenters. The van der Waals surface area contributed by atoms with Crippen molar-refractivity contribution in [1.29, 1.82) is 0 Å². The normalized spacial score (nSPS) is 35.6. The maximum absolute atomic E-state index is 12.2. The van der Waals surface area contributed by atoms with Gasteiger partial charge in [0.2, 0.25) is 0 Å². The molecular formula is C74H145N5O48. The second-order valence-electron chi connectivity index (χ2n) is 30.3. The Labute approximate surface area is 732 Å². The third-order valence-electron chi connectivity index (χ3n) is 18.8. The number of nitrogens with two attached hydrogens (primary N) is 1. The van der Waals surface area contributed by atoms with Crippen LogP contribution in [-0.4, -0.2) is 523 Å². The number of carbonyl (C=O) groups is 3. The van der Waals surface area contributed by atoms with Crippen LogP contribution in [0.15, 0.2) is 12.2 Å². The molecule has 0 aliphatic carbocycles. The van der Waals surface area contributed by atoms with E-state index in [0.29, 0.717) is 6.54 Å². The van der Waals surface area contributed by atoms with E-state index in [9.17, 15) is 157 Å². The van der Waals surface area contributed by atoms with Gasteiger partial charge in [0.05, 0.1) is 65.1 Å². The van der Waals surface area contributed by atoms with Crippen LogP contribution in [0.2, 0.25) is 0 Å². The quantitative estimate of drug-likeness (QED) is 0.0154. The number of rotatable bonds is 41. The Morgan fingerprint density at radius 1 is 0.370 bits per heavy atom. The van der Waals surface area contributed by atoms with Crippen LogP contribution < -0.4 is 27.0 Å². The Morgan fingerprint density at radius 3 is 0.858 bits per heavy atom. The molecule has 6 saturated heterocycles. The third kappa shape index (κ3) is 40.6. The number of hydrogen-bond acceptors (Lipinski definition) is 52. The van der Waals surface area contributed by atoms with Gasteiger partial charge in [0.25, 0.3) is 5.91 Å². The summed E-state index contributed by atoms with van der Waals surface area (Å²) in [6.07, 6.45) is -68.5. The minimum absolute atomic E-state index is 0.00871. The number of aliphatic hydroxyl groups is 29. The van der Waals surface area contributed by atoms with Gasteiger partial charge in [-0.3, -0.25) is 4.79 Å². The van der Waals surface area contributed by atoms with Gasteiger partial charge in [-0.2, -0.15) is 0 Å². The zero-order valence-corrected chi connectivity index (χ0v) is 72.7. The van der Waals surface area contributed by atoms with Gasteiger partial charge in [0, 0.05) is 49.2 Å². The first kappa shape index (κ1) is 123. The molecule has 6 fully saturated rings. The summed E-state index contributed by atoms with van der Waals surface area (Å²) >= 11 is 0. The molecule has 0 aromatic heterocycles. The van der Waals surface area contributed by atoms with Gasteiger partial charge >= 0.3 is 11.9 Å². The van der Waals surface area contributed by atoms with E-state index in [1.807, 2.05) is 20.9 Å². The van der Waals surface area contributed by atoms with Crippen LogP contribution in [0.3, 0.4) is 0 Å². The van der Waals surface area contributed by atoms with Crippen LogP contribution in [0.4, 0.5) is 0 Å². The summed E-state index contributed by atoms with van der Waals surface area (Å²) in [6, 6.07) is 0. The molecule has 0 saturated carbocycles. The Bertz CT molecular complexity index is 2870. The molecule has 0 bridgehead atoms. The zero-order valence-electron chi connectivity index (χ0n) is 72.7. The molecule has 6 aliphatic heterocycles. The molecule has 15 unspecified atom stereocenters. The number of carbonyl (C=O) groups excluding carboxylic acids is 3. The number of hydrogen-bond donors (Lipinski definition) is 34. The molecule has 35 N–H and O–H groups in total. The minimum atomic E-state index is -2.07. The molecule has 0 aromatic rings. The lowest BCUT2D eigenvalue weighted by Crippen LogP contribution is -2.62. The monoisotopic (exact) mass is 1870 g/mol. The van der Waals surface area contributed by atoms with E-state index in [0.717, 1.165) is 13.5 Å². The van der Waals surface area contributed by atoms with Gasteiger partial charge in [-0.05, 0) is 48.2 Å². The fourth-order valence-corrected chi connectivity index (χ4v) is 11.3. The predicted octanol–water partition coefficient (Wildman–Crippen LogP) is -17.0. The van der Waals surface area contributed by atoms with Gasteiger partial charge in [0.15, 0.2) is 49.9 Å². The molecule has 0 spiro atoms. The Morgan fingerprint density at radius 2 is 0.606 bits per heavy atom. The molecule has 127 heavy (non-hydrogen) atoms. The first-order chi connectivity index (χ1) is 59.6. The summed E-state index contributed by atoms with van der Waals surface area (Å²) in [5, 5.41) is 306. The van der Waals surface area contributed by atoms with Crippen LogP contribution >= 0.6 is 0 Å². The summed E-state index contributed by atoms with van der Waals surface area (Å²) < 4.78 is 74.1. The van der Waals surface area contributed by atoms with E-state index in [2.05, 4.69) is 67.2 Å². The first-order valence-corrected chi connectivity index (χ1v) is 41.1. The molecule has 6 aliphatic rings. The lowest BCUT2D eigenvalue weighted by atomic mass is 9.98. The lowest BCUT2D eigenvalue weighted by Gasteiger charge is -2.44. The van der Waals surface area contributed by atoms with Gasteiger partial charge in [-0.1, -0.05) is 53.0 Å². The zero-order chi connectivity index (χ0) is 97.7. The van der Waals surface area contributed by atoms with E-state index in [4.69, 9.17) is 82.3 Å². The van der Waals surface area contributed by atoms with E-state index >= 15 is 0 Å². The SMILES string of the molecule is C=C(C)C.CC(O)C(=O)OC(C)C(=O)OC(C)C(=O)NCCNC[C@H](O)[C@@H](O)[C@H](O)[C@H](O)CO[C@@H]1OC(CO[C@@H]2OC(CO[C@@H]3OC(CO)[C@@H](O)[C@H](O)C3O)[C@@H](O)[C@H](O)C2O)[C@@H](O)[C@H](O)C1O.CCC.CCC.CCNC.NCCNC[C@H](O)[C@@H](O)[C@H](O)[C@H](O)CO[C@@H]1OC(CO[C@@H]2OC(CO[C@@H]3OC(CO)[C@@H](O)[C@H](O)C3O)[C@@H](O)[C@H](O)C2O)[C@@H](O)[C@H](O)C1O.O=O. The van der Waals surface area contributed by atoms with Crippen LogP contribution in [0, 0.1) is 9.93 Å². The molecular weight excluding hydrogens is 1730 g/mol. The average molecular weight is 1870 g/mol. The van der Waals surface area contributed by atoms with Gasteiger partial charge < -0.3 is 241 Å². The number of nitrogens with one attached hydrogen (secondary N) is 4. The van der Waals surface area contributed by atoms with Crippen molar-refractivity contribution >= 4 is 17.8 Å². The number of aliphatic hydroxyl groups excluding tert-OH is 29. The van der Waals surface area contributed by atoms with Crippen LogP contribution in [0.25, 0.3) is 0 Å². The summed E-state index contributed by atoms with van der Waals surface area (Å²) in [5.41, 5.74) is 6.49. The standard InChI is InChI=1S/C35H62N2O26.C26H50N2O20.C4H8.C3H9N.2C3H8.O2/c1-11(39)31(54)60-13(3)32(55)59-12(2)30(53)37-5-4-36-6-14(40)19(42)20(43)15(41)8-56-33-28(51)25(48)22(45)17(62-33)10-58-35-29(52)26(49)23(46)18(63-35)9-57-34-27(50)24(47)21(44)16(7-38)61-34;27-1-2-28-3-8(30)13(32)14(33)9(31)5-43-24-22(41)19(38)16(35)11(47-24)7-45-26-23(42)20(39)17(36)12(48-26)6-44-25-21(40)18(37)15(34)10(4-29)46-25;1-4(2)3;1-3-4-2;2*1-3-2;1-2/h11-29,33-36,38-52H,4-10H2,1-3H3,(H,37,53);8-26,28-42H,1-7,27H2;1H2,2-3H3;4H,3H2,1-2H3;2*3H2,1-2H3;/t11?,12?,13?,14-,15+,16?,17?,18?,19+,20+,21+,22+,23+,24-,25-,26-,27?,28?,29?,33+,34+,35+;8-,9+,10?,11?,12?,13+,14+,15+,16+,17+,18-,19-,20-,21?,22?,23?,24+,25+,26+;;;;;/m00...../s1. The number of allylic oxidation sites excluding steroid dienone is 1. The number of esters is 2. The van der Waals surface area contributed by atoms with Crippen molar-refractivity contribution in [3.63, 3.8) is 0 Å². The molecule has 53 heteroatoms. The van der Waals surface area contributed by atoms with E-state index in [-0.39, 0.29) is 32.7 Å². The summed E-state index contributed by atoms with van der Waals surface area (Å²) in [7, 11) is 1.93. The number of amides is 1. The topological polar surface area (TPSA) is 875 Å². The molecule has 1 amide bonds. The first-order valence-electron chi connectivity index (χ1n) is 41.1. The maximum Gasteiger partial charge on any atom is 0.347 e. The average Bonchev–Trinajstić information content (AvgIpc) is 0.812. The Kier molecular flexibility index (Phi) is 62.7. The van der Waals surface area contributed by atoms with Crippen molar-refractivity contribution in [3.05, 3.63) is 22.1 Å². The lowest BCUT2D eigenvalue weighted by molar-refractivity contribution is -0.343. The van der Waals surface area contributed by atoms with Crippen molar-refractivity contribution in [1.82, 2.24) is 21.3 Å². The fraction of sp³-hybridized carbons (Fsp3) is 0.932. The molecule has 6 heterocycles. The molecule has 0 radical (unpaired) electrons. The second-order valence-corrected chi connectivity index (χ2v) is 30.3. The summed E-state index contributed by atoms with van der Waals surface area (Å²) in [6.45, 7) is 16.7. The van der Waals surface area contributed by atoms with Gasteiger partial charge in [-0.25, -0.2) is 9.59 Å². The smallest absolute Gasteiger partial charge is 0.347 e. The highest BCUT2D eigenvalue weighted by molar-refractivity contribution is 5.85. The molecule has 754 valence electrons. The van der Waals surface area contributed by atoms with E-state index in [1.54, 1.807) is 0 Å². The van der Waals surface area contributed by atoms with E-state index in [1.165, 1.54) is 32.3 Å². The summed E-state index contributed by atoms with van der Waals surface area (Å²) in [4.78, 5) is 49.7. The van der Waals surface area contributed by atoms with Crippen molar-refractivity contribution < 1.29 is 229 Å². The number of ether oxygens (including phenoxy) is 14. The van der Waals surface area contributed by atoms with Crippen molar-refractivity contribution in [2.45, 2.75) is 333 Å².